The third kappa shape index (κ3) is 5.75. The number of sulfonamides is 1. The molecule has 7 nitrogen and oxygen atoms in total. The first-order valence-corrected chi connectivity index (χ1v) is 14.7. The Hall–Kier alpha value is -2.71. The van der Waals surface area contributed by atoms with Gasteiger partial charge in [0.2, 0.25) is 16.0 Å². The maximum absolute atomic E-state index is 13.3. The Balaban J connectivity index is 1.33. The number of rotatable bonds is 8. The number of nitrogens with one attached hydrogen (secondary N) is 2. The van der Waals surface area contributed by atoms with E-state index in [4.69, 9.17) is 9.97 Å². The lowest BCUT2D eigenvalue weighted by molar-refractivity contribution is 0.284. The molecule has 2 aromatic carbocycles. The Labute approximate surface area is 222 Å². The van der Waals surface area contributed by atoms with Crippen molar-refractivity contribution in [3.63, 3.8) is 0 Å². The largest absolute Gasteiger partial charge is 0.362 e. The van der Waals surface area contributed by atoms with Crippen LogP contribution in [0.2, 0.25) is 0 Å². The molecule has 0 amide bonds. The molecule has 0 bridgehead atoms. The zero-order valence-electron chi connectivity index (χ0n) is 23.3. The van der Waals surface area contributed by atoms with Gasteiger partial charge in [-0.05, 0) is 112 Å². The van der Waals surface area contributed by atoms with Crippen LogP contribution in [0, 0.1) is 46.5 Å². The molecule has 8 heteroatoms. The molecular weight excluding hydrogens is 482 g/mol. The second kappa shape index (κ2) is 11.0. The van der Waals surface area contributed by atoms with Crippen molar-refractivity contribution in [2.75, 3.05) is 37.4 Å². The minimum Gasteiger partial charge on any atom is -0.362 e. The van der Waals surface area contributed by atoms with Gasteiger partial charge in [0.15, 0.2) is 0 Å². The minimum atomic E-state index is -3.55. The van der Waals surface area contributed by atoms with E-state index in [1.807, 2.05) is 71.0 Å². The van der Waals surface area contributed by atoms with Crippen LogP contribution < -0.4 is 14.9 Å². The van der Waals surface area contributed by atoms with E-state index in [9.17, 15) is 8.42 Å². The normalized spacial score (nSPS) is 18.2. The third-order valence-electron chi connectivity index (χ3n) is 8.28. The number of hydrogen-bond acceptors (Lipinski definition) is 6. The Morgan fingerprint density at radius 1 is 0.811 bits per heavy atom. The highest BCUT2D eigenvalue weighted by Crippen LogP contribution is 2.32. The van der Waals surface area contributed by atoms with Crippen LogP contribution in [-0.2, 0) is 10.0 Å². The standard InChI is InChI=1S/C29H41N5O2S/c1-18-19(2)21(4)27(22(5)20(18)3)37(35,36)31-17-24-14-12-23(13-15-24)16-30-29-32-26-11-9-8-10-25(26)28(33-29)34(6)7/h8-11,23-24,31H,12-17H2,1-7H3,(H,30,32,33)/t23-,24-. The quantitative estimate of drug-likeness (QED) is 0.409. The zero-order chi connectivity index (χ0) is 26.9. The number of benzene rings is 2. The number of anilines is 2. The molecular formula is C29H41N5O2S. The fourth-order valence-electron chi connectivity index (χ4n) is 5.52. The van der Waals surface area contributed by atoms with Gasteiger partial charge in [-0.2, -0.15) is 4.98 Å². The van der Waals surface area contributed by atoms with Crippen LogP contribution in [0.15, 0.2) is 29.2 Å². The molecule has 0 unspecified atom stereocenters. The highest BCUT2D eigenvalue weighted by molar-refractivity contribution is 7.89. The topological polar surface area (TPSA) is 87.2 Å². The number of hydrogen-bond donors (Lipinski definition) is 2. The van der Waals surface area contributed by atoms with Gasteiger partial charge in [0.05, 0.1) is 10.4 Å². The van der Waals surface area contributed by atoms with Crippen LogP contribution >= 0.6 is 0 Å². The molecule has 37 heavy (non-hydrogen) atoms. The lowest BCUT2D eigenvalue weighted by atomic mass is 9.82. The van der Waals surface area contributed by atoms with Gasteiger partial charge in [0.25, 0.3) is 0 Å². The van der Waals surface area contributed by atoms with E-state index in [-0.39, 0.29) is 0 Å². The van der Waals surface area contributed by atoms with Crippen LogP contribution in [0.5, 0.6) is 0 Å². The molecule has 0 radical (unpaired) electrons. The summed E-state index contributed by atoms with van der Waals surface area (Å²) in [6.45, 7) is 11.2. The monoisotopic (exact) mass is 523 g/mol. The average Bonchev–Trinajstić information content (AvgIpc) is 2.88. The molecule has 0 aliphatic heterocycles. The molecule has 1 heterocycles. The maximum atomic E-state index is 13.3. The van der Waals surface area contributed by atoms with Gasteiger partial charge in [-0.1, -0.05) is 12.1 Å². The lowest BCUT2D eigenvalue weighted by Crippen LogP contribution is -2.33. The van der Waals surface area contributed by atoms with E-state index in [2.05, 4.69) is 17.0 Å². The lowest BCUT2D eigenvalue weighted by Gasteiger charge is -2.29. The summed E-state index contributed by atoms with van der Waals surface area (Å²) >= 11 is 0. The maximum Gasteiger partial charge on any atom is 0.241 e. The Kier molecular flexibility index (Phi) is 8.09. The first kappa shape index (κ1) is 27.3. The van der Waals surface area contributed by atoms with E-state index in [1.165, 1.54) is 5.56 Å². The van der Waals surface area contributed by atoms with E-state index >= 15 is 0 Å². The van der Waals surface area contributed by atoms with Crippen LogP contribution in [0.25, 0.3) is 10.9 Å². The number of aromatic nitrogens is 2. The van der Waals surface area contributed by atoms with E-state index in [1.54, 1.807) is 0 Å². The molecule has 1 saturated carbocycles. The highest BCUT2D eigenvalue weighted by atomic mass is 32.2. The first-order chi connectivity index (χ1) is 17.5. The van der Waals surface area contributed by atoms with Crippen molar-refractivity contribution in [2.24, 2.45) is 11.8 Å². The first-order valence-electron chi connectivity index (χ1n) is 13.2. The van der Waals surface area contributed by atoms with Gasteiger partial charge in [0.1, 0.15) is 5.82 Å². The summed E-state index contributed by atoms with van der Waals surface area (Å²) in [5, 5.41) is 4.51. The summed E-state index contributed by atoms with van der Waals surface area (Å²) in [6, 6.07) is 8.07. The summed E-state index contributed by atoms with van der Waals surface area (Å²) in [6.07, 6.45) is 4.16. The highest BCUT2D eigenvalue weighted by Gasteiger charge is 2.27. The molecule has 1 aliphatic rings. The number of nitrogens with zero attached hydrogens (tertiary/aromatic N) is 3. The summed E-state index contributed by atoms with van der Waals surface area (Å²) in [5.74, 6) is 2.45. The molecule has 200 valence electrons. The molecule has 0 saturated heterocycles. The smallest absolute Gasteiger partial charge is 0.241 e. The number of fused-ring (bicyclic) bond motifs is 1. The molecule has 0 spiro atoms. The summed E-state index contributed by atoms with van der Waals surface area (Å²) < 4.78 is 29.5. The fourth-order valence-corrected chi connectivity index (χ4v) is 7.24. The van der Waals surface area contributed by atoms with Crippen molar-refractivity contribution >= 4 is 32.7 Å². The summed E-state index contributed by atoms with van der Waals surface area (Å²) in [7, 11) is 0.441. The summed E-state index contributed by atoms with van der Waals surface area (Å²) in [5.41, 5.74) is 5.94. The molecule has 4 rings (SSSR count). The van der Waals surface area contributed by atoms with Crippen molar-refractivity contribution in [2.45, 2.75) is 65.2 Å². The Bertz CT molecular complexity index is 1360. The van der Waals surface area contributed by atoms with Crippen molar-refractivity contribution in [1.29, 1.82) is 0 Å². The van der Waals surface area contributed by atoms with Gasteiger partial charge >= 0.3 is 0 Å². The van der Waals surface area contributed by atoms with E-state index in [0.717, 1.165) is 71.2 Å². The van der Waals surface area contributed by atoms with Crippen LogP contribution in [0.1, 0.15) is 53.5 Å². The fraction of sp³-hybridized carbons (Fsp3) is 0.517. The van der Waals surface area contributed by atoms with Crippen molar-refractivity contribution in [3.8, 4) is 0 Å². The minimum absolute atomic E-state index is 0.358. The SMILES string of the molecule is Cc1c(C)c(C)c(S(=O)(=O)NC[C@H]2CC[C@H](CNc3nc(N(C)C)c4ccccc4n3)CC2)c(C)c1C. The molecule has 1 aliphatic carbocycles. The second-order valence-corrected chi connectivity index (χ2v) is 12.6. The average molecular weight is 524 g/mol. The summed E-state index contributed by atoms with van der Waals surface area (Å²) in [4.78, 5) is 11.9. The van der Waals surface area contributed by atoms with Gasteiger partial charge < -0.3 is 10.2 Å². The molecule has 2 N–H and O–H groups in total. The van der Waals surface area contributed by atoms with Crippen molar-refractivity contribution in [1.82, 2.24) is 14.7 Å². The molecule has 1 aromatic heterocycles. The Morgan fingerprint density at radius 3 is 1.95 bits per heavy atom. The second-order valence-electron chi connectivity index (χ2n) is 10.9. The van der Waals surface area contributed by atoms with E-state index < -0.39 is 10.0 Å². The zero-order valence-corrected chi connectivity index (χ0v) is 24.1. The molecule has 3 aromatic rings. The third-order valence-corrected chi connectivity index (χ3v) is 9.98. The van der Waals surface area contributed by atoms with Gasteiger partial charge in [0, 0.05) is 32.6 Å². The van der Waals surface area contributed by atoms with Gasteiger partial charge in [-0.15, -0.1) is 0 Å². The van der Waals surface area contributed by atoms with Gasteiger partial charge in [-0.3, -0.25) is 0 Å². The van der Waals surface area contributed by atoms with Crippen molar-refractivity contribution in [3.05, 3.63) is 52.1 Å². The predicted molar refractivity (Wildman–Crippen MR) is 153 cm³/mol. The van der Waals surface area contributed by atoms with Crippen LogP contribution in [-0.4, -0.2) is 45.6 Å². The van der Waals surface area contributed by atoms with E-state index in [0.29, 0.717) is 29.2 Å². The molecule has 1 fully saturated rings. The van der Waals surface area contributed by atoms with Crippen molar-refractivity contribution < 1.29 is 8.42 Å². The van der Waals surface area contributed by atoms with Crippen LogP contribution in [0.3, 0.4) is 0 Å². The Morgan fingerprint density at radius 2 is 1.35 bits per heavy atom. The van der Waals surface area contributed by atoms with Gasteiger partial charge in [-0.25, -0.2) is 18.1 Å². The molecule has 0 atom stereocenters. The number of para-hydroxylation sites is 1. The predicted octanol–water partition coefficient (Wildman–Crippen LogP) is 5.43. The van der Waals surface area contributed by atoms with Crippen LogP contribution in [0.4, 0.5) is 11.8 Å².